The van der Waals surface area contributed by atoms with E-state index in [1.54, 1.807) is 0 Å². The van der Waals surface area contributed by atoms with Crippen LogP contribution >= 0.6 is 11.8 Å². The van der Waals surface area contributed by atoms with Crippen molar-refractivity contribution in [3.8, 4) is 0 Å². The van der Waals surface area contributed by atoms with Crippen LogP contribution in [0, 0.1) is 0 Å². The monoisotopic (exact) mass is 663 g/mol. The number of rotatable bonds is 22. The Hall–Kier alpha value is -1.76. The van der Waals surface area contributed by atoms with Gasteiger partial charge in [0.15, 0.2) is 6.29 Å². The molecule has 3 rings (SSSR count). The number of thioether (sulfide) groups is 1. The lowest BCUT2D eigenvalue weighted by molar-refractivity contribution is -0.294. The third kappa shape index (κ3) is 13.0. The number of hydrogen-bond donors (Lipinski definition) is 6. The lowest BCUT2D eigenvalue weighted by Crippen LogP contribution is -2.60. The predicted octanol–water partition coefficient (Wildman–Crippen LogP) is 5.07. The van der Waals surface area contributed by atoms with Crippen LogP contribution in [-0.2, 0) is 14.3 Å². The maximum atomic E-state index is 11.9. The SMILES string of the molecule is CCCCCCCCCCCCCC[C@@H](O)C(O)[C@H](CO[C@H]1OC(CSc2ccc3ccccc3c2)[C@H](O)[C@H](O)C1O)NC(C)=O. The van der Waals surface area contributed by atoms with Crippen molar-refractivity contribution in [3.63, 3.8) is 0 Å². The summed E-state index contributed by atoms with van der Waals surface area (Å²) in [6.45, 7) is 3.27. The second-order valence-corrected chi connectivity index (χ2v) is 13.8. The lowest BCUT2D eigenvalue weighted by Gasteiger charge is -2.41. The van der Waals surface area contributed by atoms with Crippen LogP contribution in [0.25, 0.3) is 10.8 Å². The van der Waals surface area contributed by atoms with E-state index < -0.39 is 54.9 Å². The number of hydrogen-bond acceptors (Lipinski definition) is 9. The minimum Gasteiger partial charge on any atom is -0.390 e. The topological polar surface area (TPSA) is 149 Å². The van der Waals surface area contributed by atoms with Crippen molar-refractivity contribution in [2.24, 2.45) is 0 Å². The van der Waals surface area contributed by atoms with Crippen LogP contribution in [0.3, 0.4) is 0 Å². The number of ether oxygens (including phenoxy) is 2. The first-order valence-corrected chi connectivity index (χ1v) is 18.3. The first-order chi connectivity index (χ1) is 22.2. The van der Waals surface area contributed by atoms with Gasteiger partial charge in [-0.2, -0.15) is 0 Å². The van der Waals surface area contributed by atoms with Gasteiger partial charge in [-0.1, -0.05) is 114 Å². The quantitative estimate of drug-likeness (QED) is 0.0750. The number of benzene rings is 2. The smallest absolute Gasteiger partial charge is 0.217 e. The molecular weight excluding hydrogens is 606 g/mol. The van der Waals surface area contributed by atoms with Gasteiger partial charge in [-0.25, -0.2) is 0 Å². The molecule has 9 nitrogen and oxygen atoms in total. The Morgan fingerprint density at radius 1 is 0.848 bits per heavy atom. The summed E-state index contributed by atoms with van der Waals surface area (Å²) in [6, 6.07) is 13.1. The van der Waals surface area contributed by atoms with E-state index in [0.717, 1.165) is 34.9 Å². The number of unbranched alkanes of at least 4 members (excludes halogenated alkanes) is 11. The number of aliphatic hydroxyl groups excluding tert-OH is 5. The number of aliphatic hydroxyl groups is 5. The molecule has 0 bridgehead atoms. The van der Waals surface area contributed by atoms with E-state index in [2.05, 4.69) is 12.2 Å². The molecule has 1 fully saturated rings. The molecule has 10 heteroatoms. The van der Waals surface area contributed by atoms with Crippen molar-refractivity contribution in [1.29, 1.82) is 0 Å². The Labute approximate surface area is 279 Å². The van der Waals surface area contributed by atoms with E-state index in [0.29, 0.717) is 12.2 Å². The van der Waals surface area contributed by atoms with Crippen LogP contribution in [-0.4, -0.2) is 92.8 Å². The molecule has 1 aliphatic heterocycles. The molecule has 2 aromatic carbocycles. The zero-order chi connectivity index (χ0) is 33.3. The Balaban J connectivity index is 1.42. The second-order valence-electron chi connectivity index (χ2n) is 12.7. The Morgan fingerprint density at radius 3 is 2.09 bits per heavy atom. The van der Waals surface area contributed by atoms with Gasteiger partial charge in [-0.05, 0) is 29.3 Å². The minimum atomic E-state index is -1.54. The Bertz CT molecular complexity index is 1140. The zero-order valence-corrected chi connectivity index (χ0v) is 28.5. The summed E-state index contributed by atoms with van der Waals surface area (Å²) in [7, 11) is 0. The number of fused-ring (bicyclic) bond motifs is 1. The molecule has 0 saturated carbocycles. The van der Waals surface area contributed by atoms with E-state index >= 15 is 0 Å². The molecule has 0 radical (unpaired) electrons. The summed E-state index contributed by atoms with van der Waals surface area (Å²) in [5, 5.41) is 58.2. The van der Waals surface area contributed by atoms with Gasteiger partial charge in [0.2, 0.25) is 5.91 Å². The maximum absolute atomic E-state index is 11.9. The molecule has 1 saturated heterocycles. The fourth-order valence-electron chi connectivity index (χ4n) is 5.95. The molecule has 6 N–H and O–H groups in total. The van der Waals surface area contributed by atoms with Crippen molar-refractivity contribution < 1.29 is 39.8 Å². The van der Waals surface area contributed by atoms with Crippen LogP contribution in [0.4, 0.5) is 0 Å². The lowest BCUT2D eigenvalue weighted by atomic mass is 9.98. The van der Waals surface area contributed by atoms with Crippen LogP contribution in [0.1, 0.15) is 97.3 Å². The Morgan fingerprint density at radius 2 is 1.46 bits per heavy atom. The largest absolute Gasteiger partial charge is 0.390 e. The average molecular weight is 664 g/mol. The molecule has 0 aliphatic carbocycles. The highest BCUT2D eigenvalue weighted by Crippen LogP contribution is 2.29. The number of carbonyl (C=O) groups excluding carboxylic acids is 1. The summed E-state index contributed by atoms with van der Waals surface area (Å²) in [5.41, 5.74) is 0. The van der Waals surface area contributed by atoms with E-state index in [-0.39, 0.29) is 6.61 Å². The van der Waals surface area contributed by atoms with E-state index in [1.165, 1.54) is 76.5 Å². The van der Waals surface area contributed by atoms with Crippen LogP contribution in [0.5, 0.6) is 0 Å². The molecule has 1 amide bonds. The molecule has 3 unspecified atom stereocenters. The van der Waals surface area contributed by atoms with Gasteiger partial charge in [0.1, 0.15) is 24.4 Å². The van der Waals surface area contributed by atoms with Crippen LogP contribution < -0.4 is 5.32 Å². The highest BCUT2D eigenvalue weighted by Gasteiger charge is 2.44. The second kappa shape index (κ2) is 21.3. The summed E-state index contributed by atoms with van der Waals surface area (Å²) < 4.78 is 11.6. The average Bonchev–Trinajstić information content (AvgIpc) is 3.05. The van der Waals surface area contributed by atoms with Gasteiger partial charge in [-0.15, -0.1) is 11.8 Å². The fourth-order valence-corrected chi connectivity index (χ4v) is 6.95. The molecule has 8 atom stereocenters. The molecule has 46 heavy (non-hydrogen) atoms. The number of carbonyl (C=O) groups is 1. The normalized spacial score (nSPS) is 23.7. The first kappa shape index (κ1) is 38.7. The minimum absolute atomic E-state index is 0.272. The van der Waals surface area contributed by atoms with Crippen molar-refractivity contribution in [2.75, 3.05) is 12.4 Å². The molecule has 1 heterocycles. The van der Waals surface area contributed by atoms with Crippen molar-refractivity contribution >= 4 is 28.4 Å². The standard InChI is InChI=1S/C36H57NO8S/c1-3-4-5-6-7-8-9-10-11-12-13-14-19-30(39)32(40)29(37-25(2)38)23-44-36-35(43)34(42)33(41)31(45-36)24-46-28-21-20-26-17-15-16-18-27(26)22-28/h15-18,20-22,29-36,39-43H,3-14,19,23-24H2,1-2H3,(H,37,38)/t29-,30+,31?,32?,33-,34-,35?,36-/m0/s1. The van der Waals surface area contributed by atoms with Gasteiger partial charge in [0.25, 0.3) is 0 Å². The van der Waals surface area contributed by atoms with Gasteiger partial charge in [-0.3, -0.25) is 4.79 Å². The highest BCUT2D eigenvalue weighted by molar-refractivity contribution is 7.99. The van der Waals surface area contributed by atoms with Crippen LogP contribution in [0.2, 0.25) is 0 Å². The predicted molar refractivity (Wildman–Crippen MR) is 183 cm³/mol. The van der Waals surface area contributed by atoms with Gasteiger partial charge < -0.3 is 40.3 Å². The third-order valence-corrected chi connectivity index (χ3v) is 9.87. The van der Waals surface area contributed by atoms with E-state index in [1.807, 2.05) is 42.5 Å². The van der Waals surface area contributed by atoms with Gasteiger partial charge in [0.05, 0.1) is 24.9 Å². The summed E-state index contributed by atoms with van der Waals surface area (Å²) in [5.74, 6) is -0.117. The van der Waals surface area contributed by atoms with E-state index in [9.17, 15) is 30.3 Å². The number of amides is 1. The highest BCUT2D eigenvalue weighted by atomic mass is 32.2. The molecule has 260 valence electrons. The molecular formula is C36H57NO8S. The maximum Gasteiger partial charge on any atom is 0.217 e. The van der Waals surface area contributed by atoms with Crippen molar-refractivity contribution in [1.82, 2.24) is 5.32 Å². The molecule has 0 spiro atoms. The van der Waals surface area contributed by atoms with Gasteiger partial charge in [0, 0.05) is 17.6 Å². The van der Waals surface area contributed by atoms with Crippen molar-refractivity contribution in [3.05, 3.63) is 42.5 Å². The Kier molecular flexibility index (Phi) is 17.9. The van der Waals surface area contributed by atoms with Crippen molar-refractivity contribution in [2.45, 2.75) is 151 Å². The fraction of sp³-hybridized carbons (Fsp3) is 0.694. The molecule has 1 aliphatic rings. The van der Waals surface area contributed by atoms with Crippen LogP contribution in [0.15, 0.2) is 47.4 Å². The number of nitrogens with one attached hydrogen (secondary N) is 1. The molecule has 0 aromatic heterocycles. The molecule has 2 aromatic rings. The first-order valence-electron chi connectivity index (χ1n) is 17.3. The third-order valence-electron chi connectivity index (χ3n) is 8.79. The summed E-state index contributed by atoms with van der Waals surface area (Å²) in [4.78, 5) is 12.9. The van der Waals surface area contributed by atoms with E-state index in [4.69, 9.17) is 9.47 Å². The summed E-state index contributed by atoms with van der Waals surface area (Å²) >= 11 is 1.45. The zero-order valence-electron chi connectivity index (χ0n) is 27.6. The summed E-state index contributed by atoms with van der Waals surface area (Å²) in [6.07, 6.45) is 5.85. The van der Waals surface area contributed by atoms with Gasteiger partial charge >= 0.3 is 0 Å².